The van der Waals surface area contributed by atoms with E-state index in [4.69, 9.17) is 10.00 Å². The Morgan fingerprint density at radius 2 is 2.17 bits per heavy atom. The van der Waals surface area contributed by atoms with Gasteiger partial charge in [-0.05, 0) is 36.8 Å². The SMILES string of the molecule is N#Cc1c(F)cccc1Oc1ccc2c(c1)C1=NCCCN1C=N2. The van der Waals surface area contributed by atoms with E-state index in [0.717, 1.165) is 36.6 Å². The van der Waals surface area contributed by atoms with Gasteiger partial charge in [-0.1, -0.05) is 6.07 Å². The maximum absolute atomic E-state index is 13.7. The molecule has 4 rings (SSSR count). The molecule has 118 valence electrons. The maximum atomic E-state index is 13.7. The highest BCUT2D eigenvalue weighted by molar-refractivity contribution is 6.11. The molecule has 0 atom stereocenters. The lowest BCUT2D eigenvalue weighted by atomic mass is 10.1. The monoisotopic (exact) mass is 320 g/mol. The zero-order valence-corrected chi connectivity index (χ0v) is 12.7. The van der Waals surface area contributed by atoms with E-state index in [1.165, 1.54) is 12.1 Å². The zero-order valence-electron chi connectivity index (χ0n) is 12.7. The van der Waals surface area contributed by atoms with E-state index in [2.05, 4.69) is 9.98 Å². The molecule has 0 N–H and O–H groups in total. The van der Waals surface area contributed by atoms with Gasteiger partial charge in [0.05, 0.1) is 12.0 Å². The Morgan fingerprint density at radius 1 is 1.25 bits per heavy atom. The van der Waals surface area contributed by atoms with E-state index in [1.807, 2.05) is 23.1 Å². The van der Waals surface area contributed by atoms with Gasteiger partial charge in [0.15, 0.2) is 0 Å². The number of aliphatic imine (C=N–C) groups is 2. The van der Waals surface area contributed by atoms with Crippen molar-refractivity contribution in [3.05, 3.63) is 53.3 Å². The number of hydrogen-bond acceptors (Lipinski definition) is 5. The average molecular weight is 320 g/mol. The van der Waals surface area contributed by atoms with Gasteiger partial charge in [0.25, 0.3) is 0 Å². The fourth-order valence-electron chi connectivity index (χ4n) is 2.80. The van der Waals surface area contributed by atoms with Gasteiger partial charge in [0.2, 0.25) is 0 Å². The third-order valence-corrected chi connectivity index (χ3v) is 3.95. The summed E-state index contributed by atoms with van der Waals surface area (Å²) in [5.74, 6) is 0.984. The second-order valence-corrected chi connectivity index (χ2v) is 5.50. The van der Waals surface area contributed by atoms with Crippen molar-refractivity contribution in [3.63, 3.8) is 0 Å². The van der Waals surface area contributed by atoms with Gasteiger partial charge in [-0.2, -0.15) is 5.26 Å². The first-order chi connectivity index (χ1) is 11.8. The molecule has 0 saturated carbocycles. The largest absolute Gasteiger partial charge is 0.456 e. The number of hydrogen-bond donors (Lipinski definition) is 0. The van der Waals surface area contributed by atoms with Crippen molar-refractivity contribution in [2.45, 2.75) is 6.42 Å². The van der Waals surface area contributed by atoms with Gasteiger partial charge in [-0.3, -0.25) is 4.99 Å². The summed E-state index contributed by atoms with van der Waals surface area (Å²) in [6.45, 7) is 1.67. The highest BCUT2D eigenvalue weighted by Crippen LogP contribution is 2.33. The van der Waals surface area contributed by atoms with Gasteiger partial charge < -0.3 is 9.64 Å². The predicted molar refractivity (Wildman–Crippen MR) is 88.5 cm³/mol. The summed E-state index contributed by atoms with van der Waals surface area (Å²) < 4.78 is 19.4. The molecule has 0 spiro atoms. The minimum atomic E-state index is -0.597. The highest BCUT2D eigenvalue weighted by atomic mass is 19.1. The molecule has 2 aliphatic rings. The molecule has 0 radical (unpaired) electrons. The lowest BCUT2D eigenvalue weighted by Crippen LogP contribution is -2.36. The third kappa shape index (κ3) is 2.40. The van der Waals surface area contributed by atoms with Crippen molar-refractivity contribution in [3.8, 4) is 17.6 Å². The Bertz CT molecular complexity index is 914. The summed E-state index contributed by atoms with van der Waals surface area (Å²) in [6, 6.07) is 11.6. The summed E-state index contributed by atoms with van der Waals surface area (Å²) in [6.07, 6.45) is 2.79. The number of nitrogens with zero attached hydrogens (tertiary/aromatic N) is 4. The molecule has 0 bridgehead atoms. The standard InChI is InChI=1S/C18H13FN4O/c19-15-3-1-4-17(14(15)10-20)24-12-5-6-16-13(9-12)18-21-7-2-8-23(18)11-22-16/h1,3-6,9,11H,2,7-8H2. The fraction of sp³-hybridized carbons (Fsp3) is 0.167. The van der Waals surface area contributed by atoms with Gasteiger partial charge in [-0.15, -0.1) is 0 Å². The number of amidine groups is 1. The Kier molecular flexibility index (Phi) is 3.47. The molecule has 2 aromatic carbocycles. The first-order valence-electron chi connectivity index (χ1n) is 7.62. The lowest BCUT2D eigenvalue weighted by molar-refractivity contribution is 0.474. The number of benzene rings is 2. The minimum Gasteiger partial charge on any atom is -0.456 e. The van der Waals surface area contributed by atoms with Crippen LogP contribution in [0.25, 0.3) is 0 Å². The van der Waals surface area contributed by atoms with Crippen LogP contribution < -0.4 is 4.74 Å². The predicted octanol–water partition coefficient (Wildman–Crippen LogP) is 3.62. The maximum Gasteiger partial charge on any atom is 0.148 e. The Balaban J connectivity index is 1.73. The van der Waals surface area contributed by atoms with E-state index >= 15 is 0 Å². The van der Waals surface area contributed by atoms with Crippen LogP contribution in [0.4, 0.5) is 10.1 Å². The summed E-state index contributed by atoms with van der Waals surface area (Å²) >= 11 is 0. The van der Waals surface area contributed by atoms with Crippen LogP contribution in [0.1, 0.15) is 17.5 Å². The van der Waals surface area contributed by atoms with Crippen LogP contribution >= 0.6 is 0 Å². The van der Waals surface area contributed by atoms with E-state index in [1.54, 1.807) is 18.5 Å². The molecular formula is C18H13FN4O. The topological polar surface area (TPSA) is 61.0 Å². The number of ether oxygens (including phenoxy) is 1. The van der Waals surface area contributed by atoms with Gasteiger partial charge in [-0.25, -0.2) is 9.38 Å². The smallest absolute Gasteiger partial charge is 0.148 e. The molecule has 6 heteroatoms. The van der Waals surface area contributed by atoms with Crippen molar-refractivity contribution >= 4 is 17.9 Å². The molecule has 24 heavy (non-hydrogen) atoms. The molecule has 2 aliphatic heterocycles. The van der Waals surface area contributed by atoms with Crippen LogP contribution in [0.3, 0.4) is 0 Å². The highest BCUT2D eigenvalue weighted by Gasteiger charge is 2.22. The first-order valence-corrected chi connectivity index (χ1v) is 7.62. The van der Waals surface area contributed by atoms with Crippen molar-refractivity contribution in [1.29, 1.82) is 5.26 Å². The van der Waals surface area contributed by atoms with Gasteiger partial charge >= 0.3 is 0 Å². The van der Waals surface area contributed by atoms with Crippen molar-refractivity contribution in [2.75, 3.05) is 13.1 Å². The molecular weight excluding hydrogens is 307 g/mol. The van der Waals surface area contributed by atoms with Crippen LogP contribution in [0.15, 0.2) is 46.4 Å². The number of fused-ring (bicyclic) bond motifs is 3. The summed E-state index contributed by atoms with van der Waals surface area (Å²) in [7, 11) is 0. The van der Waals surface area contributed by atoms with E-state index in [9.17, 15) is 4.39 Å². The molecule has 0 aromatic heterocycles. The van der Waals surface area contributed by atoms with E-state index < -0.39 is 5.82 Å². The molecule has 0 saturated heterocycles. The summed E-state index contributed by atoms with van der Waals surface area (Å²) in [5.41, 5.74) is 1.59. The number of rotatable bonds is 2. The molecule has 0 aliphatic carbocycles. The molecule has 2 heterocycles. The summed E-state index contributed by atoms with van der Waals surface area (Å²) in [5, 5.41) is 9.11. The van der Waals surface area contributed by atoms with Crippen LogP contribution in [0, 0.1) is 17.1 Å². The van der Waals surface area contributed by atoms with Crippen molar-refractivity contribution in [1.82, 2.24) is 4.90 Å². The second kappa shape index (κ2) is 5.78. The number of halogens is 1. The fourth-order valence-corrected chi connectivity index (χ4v) is 2.80. The summed E-state index contributed by atoms with van der Waals surface area (Å²) in [4.78, 5) is 11.0. The molecule has 0 unspecified atom stereocenters. The molecule has 0 amide bonds. The number of nitriles is 1. The normalized spacial score (nSPS) is 15.2. The molecule has 5 nitrogen and oxygen atoms in total. The zero-order chi connectivity index (χ0) is 16.5. The first kappa shape index (κ1) is 14.4. The lowest BCUT2D eigenvalue weighted by Gasteiger charge is -2.29. The van der Waals surface area contributed by atoms with Crippen molar-refractivity contribution < 1.29 is 9.13 Å². The van der Waals surface area contributed by atoms with Crippen LogP contribution in [-0.2, 0) is 0 Å². The second-order valence-electron chi connectivity index (χ2n) is 5.50. The van der Waals surface area contributed by atoms with Crippen LogP contribution in [0.5, 0.6) is 11.5 Å². The third-order valence-electron chi connectivity index (χ3n) is 3.95. The average Bonchev–Trinajstić information content (AvgIpc) is 2.62. The Hall–Kier alpha value is -3.20. The van der Waals surface area contributed by atoms with E-state index in [-0.39, 0.29) is 11.3 Å². The Morgan fingerprint density at radius 3 is 3.04 bits per heavy atom. The van der Waals surface area contributed by atoms with Gasteiger partial charge in [0.1, 0.15) is 34.8 Å². The molecule has 0 fully saturated rings. The quantitative estimate of drug-likeness (QED) is 0.849. The van der Waals surface area contributed by atoms with Crippen molar-refractivity contribution in [2.24, 2.45) is 9.98 Å². The van der Waals surface area contributed by atoms with Gasteiger partial charge in [0, 0.05) is 18.7 Å². The Labute approximate surface area is 138 Å². The molecule has 2 aromatic rings. The van der Waals surface area contributed by atoms with Crippen LogP contribution in [-0.4, -0.2) is 30.2 Å². The van der Waals surface area contributed by atoms with E-state index in [0.29, 0.717) is 5.75 Å². The van der Waals surface area contributed by atoms with Crippen LogP contribution in [0.2, 0.25) is 0 Å². The minimum absolute atomic E-state index is 0.107.